The number of fused-ring (bicyclic) bond motifs is 1. The molecule has 0 unspecified atom stereocenters. The van der Waals surface area contributed by atoms with Crippen molar-refractivity contribution >= 4 is 29.8 Å². The Morgan fingerprint density at radius 1 is 0.771 bits per heavy atom. The van der Waals surface area contributed by atoms with Crippen LogP contribution < -0.4 is 0 Å². The van der Waals surface area contributed by atoms with Gasteiger partial charge in [0.1, 0.15) is 12.4 Å². The van der Waals surface area contributed by atoms with E-state index < -0.39 is 60.9 Å². The van der Waals surface area contributed by atoms with Gasteiger partial charge in [-0.15, -0.1) is 0 Å². The molecule has 13 nitrogen and oxygen atoms in total. The minimum absolute atomic E-state index is 0.0227. The average Bonchev–Trinajstić information content (AvgIpc) is 3.01. The smallest absolute Gasteiger partial charge is 0.303 e. The number of rotatable bonds is 10. The molecule has 0 aliphatic carbocycles. The molecule has 2 heterocycles. The molecule has 13 heteroatoms. The topological polar surface area (TPSA) is 162 Å². The van der Waals surface area contributed by atoms with Crippen molar-refractivity contribution in [2.24, 2.45) is 0 Å². The maximum absolute atomic E-state index is 12.1. The zero-order chi connectivity index (χ0) is 26.1. The Bertz CT molecular complexity index is 920. The van der Waals surface area contributed by atoms with E-state index in [1.807, 2.05) is 0 Å². The van der Waals surface area contributed by atoms with Gasteiger partial charge >= 0.3 is 29.8 Å². The molecule has 0 fully saturated rings. The molecule has 1 aliphatic rings. The molecule has 0 saturated heterocycles. The van der Waals surface area contributed by atoms with Crippen LogP contribution in [0.5, 0.6) is 0 Å². The van der Waals surface area contributed by atoms with Crippen LogP contribution in [0, 0.1) is 0 Å². The van der Waals surface area contributed by atoms with E-state index in [0.717, 1.165) is 53.9 Å². The quantitative estimate of drug-likeness (QED) is 0.333. The van der Waals surface area contributed by atoms with E-state index in [1.54, 1.807) is 4.68 Å². The first-order valence-corrected chi connectivity index (χ1v) is 11.2. The summed E-state index contributed by atoms with van der Waals surface area (Å²) in [5.74, 6) is -3.16. The molecule has 194 valence electrons. The van der Waals surface area contributed by atoms with E-state index in [2.05, 4.69) is 10.1 Å². The third-order valence-corrected chi connectivity index (χ3v) is 4.94. The SMILES string of the molecule is CC(=O)OC[C@@H](OC(C)=O)[C@@H](OC(C)=O)[C@@H](OC(C)=O)[C@H](OC(C)=O)c1nc2n(n1)CCCCC2. The number of aromatic nitrogens is 3. The number of ether oxygens (including phenoxy) is 5. The summed E-state index contributed by atoms with van der Waals surface area (Å²) >= 11 is 0. The summed E-state index contributed by atoms with van der Waals surface area (Å²) in [7, 11) is 0. The third kappa shape index (κ3) is 8.65. The fraction of sp³-hybridized carbons (Fsp3) is 0.682. The van der Waals surface area contributed by atoms with Crippen LogP contribution in [0.25, 0.3) is 0 Å². The first-order chi connectivity index (χ1) is 16.5. The Morgan fingerprint density at radius 2 is 1.37 bits per heavy atom. The molecule has 0 amide bonds. The van der Waals surface area contributed by atoms with Gasteiger partial charge in [-0.05, 0) is 12.8 Å². The number of carbonyl (C=O) groups is 5. The summed E-state index contributed by atoms with van der Waals surface area (Å²) in [6, 6.07) is 0. The first kappa shape index (κ1) is 27.7. The summed E-state index contributed by atoms with van der Waals surface area (Å²) in [5, 5.41) is 4.45. The summed E-state index contributed by atoms with van der Waals surface area (Å²) < 4.78 is 28.2. The van der Waals surface area contributed by atoms with E-state index in [1.165, 1.54) is 0 Å². The lowest BCUT2D eigenvalue weighted by atomic mass is 10.0. The standard InChI is InChI=1S/C22H31N3O10/c1-12(26)31-11-17(32-13(2)27)19(33-14(3)28)20(34-15(4)29)21(35-16(5)30)22-23-18-9-7-6-8-10-25(18)24-22/h17,19-21H,6-11H2,1-5H3/t17-,19-,20-,21+/m1/s1. The van der Waals surface area contributed by atoms with Gasteiger partial charge in [0.15, 0.2) is 24.1 Å². The van der Waals surface area contributed by atoms with Gasteiger partial charge in [0.2, 0.25) is 6.10 Å². The van der Waals surface area contributed by atoms with Crippen LogP contribution in [0.2, 0.25) is 0 Å². The van der Waals surface area contributed by atoms with Gasteiger partial charge in [0, 0.05) is 47.6 Å². The number of aryl methyl sites for hydroxylation is 2. The number of esters is 5. The second-order valence-corrected chi connectivity index (χ2v) is 8.05. The average molecular weight is 498 g/mol. The Labute approximate surface area is 202 Å². The van der Waals surface area contributed by atoms with Crippen molar-refractivity contribution in [2.75, 3.05) is 6.61 Å². The van der Waals surface area contributed by atoms with E-state index >= 15 is 0 Å². The molecule has 0 N–H and O–H groups in total. The van der Waals surface area contributed by atoms with Crippen molar-refractivity contribution in [1.82, 2.24) is 14.8 Å². The Balaban J connectivity index is 2.58. The van der Waals surface area contributed by atoms with Gasteiger partial charge in [-0.25, -0.2) is 9.67 Å². The number of hydrogen-bond acceptors (Lipinski definition) is 12. The van der Waals surface area contributed by atoms with Gasteiger partial charge in [0.25, 0.3) is 0 Å². The molecule has 1 aromatic heterocycles. The Kier molecular flexibility index (Phi) is 10.2. The summed E-state index contributed by atoms with van der Waals surface area (Å²) in [6.07, 6.45) is -2.45. The highest BCUT2D eigenvalue weighted by atomic mass is 16.6. The van der Waals surface area contributed by atoms with E-state index in [0.29, 0.717) is 18.8 Å². The van der Waals surface area contributed by atoms with Crippen molar-refractivity contribution < 1.29 is 47.7 Å². The van der Waals surface area contributed by atoms with Crippen LogP contribution in [0.15, 0.2) is 0 Å². The van der Waals surface area contributed by atoms with Gasteiger partial charge in [-0.2, -0.15) is 5.10 Å². The molecular weight excluding hydrogens is 466 g/mol. The van der Waals surface area contributed by atoms with Crippen molar-refractivity contribution in [3.63, 3.8) is 0 Å². The fourth-order valence-corrected chi connectivity index (χ4v) is 3.69. The van der Waals surface area contributed by atoms with Crippen LogP contribution >= 0.6 is 0 Å². The van der Waals surface area contributed by atoms with Crippen LogP contribution in [0.4, 0.5) is 0 Å². The second kappa shape index (κ2) is 12.8. The lowest BCUT2D eigenvalue weighted by Gasteiger charge is -2.34. The Hall–Kier alpha value is -3.51. The number of nitrogens with zero attached hydrogens (tertiary/aromatic N) is 3. The predicted molar refractivity (Wildman–Crippen MR) is 115 cm³/mol. The van der Waals surface area contributed by atoms with E-state index in [-0.39, 0.29) is 5.82 Å². The molecular formula is C22H31N3O10. The monoisotopic (exact) mass is 497 g/mol. The lowest BCUT2D eigenvalue weighted by Crippen LogP contribution is -2.50. The molecule has 0 spiro atoms. The minimum Gasteiger partial charge on any atom is -0.462 e. The van der Waals surface area contributed by atoms with Crippen LogP contribution in [0.1, 0.15) is 71.6 Å². The number of carbonyl (C=O) groups excluding carboxylic acids is 5. The molecule has 0 bridgehead atoms. The van der Waals surface area contributed by atoms with E-state index in [9.17, 15) is 24.0 Å². The summed E-state index contributed by atoms with van der Waals surface area (Å²) in [6.45, 7) is 5.65. The molecule has 0 aromatic carbocycles. The van der Waals surface area contributed by atoms with E-state index in [4.69, 9.17) is 23.7 Å². The summed E-state index contributed by atoms with van der Waals surface area (Å²) in [4.78, 5) is 63.8. The summed E-state index contributed by atoms with van der Waals surface area (Å²) in [5.41, 5.74) is 0. The molecule has 35 heavy (non-hydrogen) atoms. The second-order valence-electron chi connectivity index (χ2n) is 8.05. The van der Waals surface area contributed by atoms with Crippen LogP contribution in [-0.4, -0.2) is 69.5 Å². The number of hydrogen-bond donors (Lipinski definition) is 0. The van der Waals surface area contributed by atoms with Gasteiger partial charge < -0.3 is 23.7 Å². The fourth-order valence-electron chi connectivity index (χ4n) is 3.69. The lowest BCUT2D eigenvalue weighted by molar-refractivity contribution is -0.204. The van der Waals surface area contributed by atoms with Crippen molar-refractivity contribution in [3.8, 4) is 0 Å². The zero-order valence-electron chi connectivity index (χ0n) is 20.5. The van der Waals surface area contributed by atoms with Crippen LogP contribution in [0.3, 0.4) is 0 Å². The molecule has 0 saturated carbocycles. The van der Waals surface area contributed by atoms with Gasteiger partial charge in [-0.3, -0.25) is 24.0 Å². The van der Waals surface area contributed by atoms with Crippen molar-refractivity contribution in [3.05, 3.63) is 11.6 Å². The zero-order valence-corrected chi connectivity index (χ0v) is 20.5. The highest BCUT2D eigenvalue weighted by molar-refractivity contribution is 5.69. The maximum atomic E-state index is 12.1. The predicted octanol–water partition coefficient (Wildman–Crippen LogP) is 0.967. The van der Waals surface area contributed by atoms with Crippen LogP contribution in [-0.2, 0) is 60.6 Å². The largest absolute Gasteiger partial charge is 0.462 e. The molecule has 1 aliphatic heterocycles. The normalized spacial score (nSPS) is 16.4. The van der Waals surface area contributed by atoms with Crippen molar-refractivity contribution in [2.45, 2.75) is 91.3 Å². The molecule has 0 radical (unpaired) electrons. The Morgan fingerprint density at radius 3 is 1.94 bits per heavy atom. The first-order valence-electron chi connectivity index (χ1n) is 11.2. The molecule has 1 aromatic rings. The van der Waals surface area contributed by atoms with Gasteiger partial charge in [-0.1, -0.05) is 6.42 Å². The van der Waals surface area contributed by atoms with Gasteiger partial charge in [0.05, 0.1) is 0 Å². The molecule has 2 rings (SSSR count). The highest BCUT2D eigenvalue weighted by Gasteiger charge is 2.46. The third-order valence-electron chi connectivity index (χ3n) is 4.94. The highest BCUT2D eigenvalue weighted by Crippen LogP contribution is 2.29. The minimum atomic E-state index is -1.54. The molecule has 4 atom stereocenters. The van der Waals surface area contributed by atoms with Crippen molar-refractivity contribution in [1.29, 1.82) is 0 Å². The maximum Gasteiger partial charge on any atom is 0.303 e.